The maximum atomic E-state index is 12.2. The van der Waals surface area contributed by atoms with Gasteiger partial charge in [-0.05, 0) is 32.8 Å². The predicted octanol–water partition coefficient (Wildman–Crippen LogP) is 2.63. The van der Waals surface area contributed by atoms with Crippen molar-refractivity contribution in [2.24, 2.45) is 0 Å². The van der Waals surface area contributed by atoms with Gasteiger partial charge in [-0.2, -0.15) is 5.10 Å². The lowest BCUT2D eigenvalue weighted by atomic mass is 9.95. The normalized spacial score (nSPS) is 16.3. The smallest absolute Gasteiger partial charge is 0.242 e. The van der Waals surface area contributed by atoms with Crippen LogP contribution in [0.3, 0.4) is 0 Å². The van der Waals surface area contributed by atoms with Crippen LogP contribution in [-0.4, -0.2) is 38.7 Å². The van der Waals surface area contributed by atoms with Crippen molar-refractivity contribution in [1.82, 2.24) is 25.1 Å². The summed E-state index contributed by atoms with van der Waals surface area (Å²) in [5, 5.41) is 7.05. The topological polar surface area (TPSA) is 75.9 Å². The van der Waals surface area contributed by atoms with Crippen molar-refractivity contribution < 1.29 is 4.79 Å². The summed E-state index contributed by atoms with van der Waals surface area (Å²) < 4.78 is 1.60. The molecule has 1 aliphatic rings. The molecule has 7 nitrogen and oxygen atoms in total. The Kier molecular flexibility index (Phi) is 5.85. The van der Waals surface area contributed by atoms with Gasteiger partial charge in [-0.25, -0.2) is 9.97 Å². The number of carbonyl (C=O) groups excluding carboxylic acids is 1. The number of anilines is 1. The maximum Gasteiger partial charge on any atom is 0.242 e. The summed E-state index contributed by atoms with van der Waals surface area (Å²) in [7, 11) is 2.08. The van der Waals surface area contributed by atoms with E-state index in [4.69, 9.17) is 4.98 Å². The molecule has 1 N–H and O–H groups in total. The summed E-state index contributed by atoms with van der Waals surface area (Å²) in [6.07, 6.45) is 11.6. The van der Waals surface area contributed by atoms with Gasteiger partial charge in [0.05, 0.1) is 6.04 Å². The van der Waals surface area contributed by atoms with E-state index in [1.165, 1.54) is 32.1 Å². The molecule has 2 aromatic rings. The molecule has 1 saturated carbocycles. The second kappa shape index (κ2) is 8.29. The molecule has 0 spiro atoms. The molecule has 0 radical (unpaired) electrons. The van der Waals surface area contributed by atoms with Crippen LogP contribution in [-0.2, 0) is 11.3 Å². The molecular weight excluding hydrogens is 328 g/mol. The Hall–Kier alpha value is -2.44. The summed E-state index contributed by atoms with van der Waals surface area (Å²) in [5.41, 5.74) is 1.85. The fourth-order valence-electron chi connectivity index (χ4n) is 3.60. The molecule has 3 rings (SSSR count). The zero-order valence-electron chi connectivity index (χ0n) is 15.9. The Balaban J connectivity index is 1.63. The number of aryl methyl sites for hydroxylation is 1. The van der Waals surface area contributed by atoms with Gasteiger partial charge in [-0.1, -0.05) is 19.3 Å². The van der Waals surface area contributed by atoms with Crippen molar-refractivity contribution in [3.8, 4) is 0 Å². The van der Waals surface area contributed by atoms with E-state index < -0.39 is 0 Å². The molecule has 0 aliphatic heterocycles. The summed E-state index contributed by atoms with van der Waals surface area (Å²) in [5.74, 6) is 0.692. The van der Waals surface area contributed by atoms with Crippen LogP contribution in [0.2, 0.25) is 0 Å². The van der Waals surface area contributed by atoms with Gasteiger partial charge in [0.1, 0.15) is 6.54 Å². The number of aromatic nitrogens is 4. The minimum absolute atomic E-state index is 0.0796. The Bertz CT molecular complexity index is 724. The Morgan fingerprint density at radius 1 is 1.38 bits per heavy atom. The van der Waals surface area contributed by atoms with Crippen LogP contribution in [0.4, 0.5) is 5.95 Å². The zero-order chi connectivity index (χ0) is 18.5. The molecule has 1 atom stereocenters. The number of rotatable bonds is 6. The van der Waals surface area contributed by atoms with Gasteiger partial charge in [0.2, 0.25) is 11.9 Å². The highest BCUT2D eigenvalue weighted by Gasteiger charge is 2.21. The van der Waals surface area contributed by atoms with E-state index >= 15 is 0 Å². The molecule has 0 aromatic carbocycles. The number of nitrogens with one attached hydrogen (secondary N) is 1. The Morgan fingerprint density at radius 2 is 2.15 bits per heavy atom. The van der Waals surface area contributed by atoms with E-state index in [0.29, 0.717) is 6.04 Å². The summed E-state index contributed by atoms with van der Waals surface area (Å²) >= 11 is 0. The Morgan fingerprint density at radius 3 is 2.81 bits per heavy atom. The van der Waals surface area contributed by atoms with Gasteiger partial charge in [-0.15, -0.1) is 0 Å². The van der Waals surface area contributed by atoms with Crippen LogP contribution in [0.25, 0.3) is 0 Å². The highest BCUT2D eigenvalue weighted by Crippen LogP contribution is 2.25. The molecule has 1 aliphatic carbocycles. The van der Waals surface area contributed by atoms with Crippen molar-refractivity contribution in [2.45, 2.75) is 64.6 Å². The number of hydrogen-bond acceptors (Lipinski definition) is 5. The van der Waals surface area contributed by atoms with Gasteiger partial charge in [0, 0.05) is 42.9 Å². The third-order valence-electron chi connectivity index (χ3n) is 5.15. The largest absolute Gasteiger partial charge is 0.348 e. The standard InChI is InChI=1S/C19H28N6O/c1-14(22-18(26)13-25-11-7-10-21-25)17-12-20-19(23-15(17)2)24(3)16-8-5-4-6-9-16/h7,10-12,14,16H,4-6,8-9,13H2,1-3H3,(H,22,26)/t14-/m1/s1. The van der Waals surface area contributed by atoms with Gasteiger partial charge in [0.25, 0.3) is 0 Å². The van der Waals surface area contributed by atoms with Crippen molar-refractivity contribution in [3.63, 3.8) is 0 Å². The van der Waals surface area contributed by atoms with Crippen LogP contribution in [0.15, 0.2) is 24.7 Å². The Labute approximate surface area is 154 Å². The molecule has 26 heavy (non-hydrogen) atoms. The van der Waals surface area contributed by atoms with Crippen LogP contribution < -0.4 is 10.2 Å². The van der Waals surface area contributed by atoms with Crippen molar-refractivity contribution >= 4 is 11.9 Å². The molecule has 0 bridgehead atoms. The monoisotopic (exact) mass is 356 g/mol. The lowest BCUT2D eigenvalue weighted by Crippen LogP contribution is -2.35. The van der Waals surface area contributed by atoms with E-state index in [-0.39, 0.29) is 18.5 Å². The van der Waals surface area contributed by atoms with E-state index in [1.54, 1.807) is 23.1 Å². The van der Waals surface area contributed by atoms with E-state index in [9.17, 15) is 4.79 Å². The highest BCUT2D eigenvalue weighted by atomic mass is 16.2. The first-order valence-electron chi connectivity index (χ1n) is 9.37. The zero-order valence-corrected chi connectivity index (χ0v) is 15.9. The summed E-state index contributed by atoms with van der Waals surface area (Å²) in [6, 6.07) is 2.18. The lowest BCUT2D eigenvalue weighted by molar-refractivity contribution is -0.122. The first kappa shape index (κ1) is 18.4. The number of nitrogens with zero attached hydrogens (tertiary/aromatic N) is 5. The molecule has 1 amide bonds. The van der Waals surface area contributed by atoms with Gasteiger partial charge in [0.15, 0.2) is 0 Å². The minimum Gasteiger partial charge on any atom is -0.348 e. The first-order valence-corrected chi connectivity index (χ1v) is 9.37. The van der Waals surface area contributed by atoms with Gasteiger partial charge >= 0.3 is 0 Å². The molecular formula is C19H28N6O. The molecule has 7 heteroatoms. The molecule has 2 heterocycles. The SMILES string of the molecule is Cc1nc(N(C)C2CCCCC2)ncc1[C@@H](C)NC(=O)Cn1cccn1. The number of hydrogen-bond donors (Lipinski definition) is 1. The van der Waals surface area contributed by atoms with Gasteiger partial charge < -0.3 is 10.2 Å². The van der Waals surface area contributed by atoms with Gasteiger partial charge in [-0.3, -0.25) is 9.48 Å². The maximum absolute atomic E-state index is 12.2. The molecule has 1 fully saturated rings. The number of carbonyl (C=O) groups is 1. The molecule has 0 saturated heterocycles. The molecule has 2 aromatic heterocycles. The minimum atomic E-state index is -0.146. The third-order valence-corrected chi connectivity index (χ3v) is 5.15. The fourth-order valence-corrected chi connectivity index (χ4v) is 3.60. The lowest BCUT2D eigenvalue weighted by Gasteiger charge is -2.31. The van der Waals surface area contributed by atoms with Crippen molar-refractivity contribution in [3.05, 3.63) is 35.9 Å². The summed E-state index contributed by atoms with van der Waals surface area (Å²) in [4.78, 5) is 23.6. The van der Waals surface area contributed by atoms with Crippen LogP contribution >= 0.6 is 0 Å². The quantitative estimate of drug-likeness (QED) is 0.861. The van der Waals surface area contributed by atoms with Crippen LogP contribution in [0.5, 0.6) is 0 Å². The first-order chi connectivity index (χ1) is 12.5. The van der Waals surface area contributed by atoms with E-state index in [0.717, 1.165) is 17.2 Å². The average Bonchev–Trinajstić information content (AvgIpc) is 3.14. The highest BCUT2D eigenvalue weighted by molar-refractivity contribution is 5.76. The number of amides is 1. The predicted molar refractivity (Wildman–Crippen MR) is 101 cm³/mol. The van der Waals surface area contributed by atoms with Crippen molar-refractivity contribution in [2.75, 3.05) is 11.9 Å². The fraction of sp³-hybridized carbons (Fsp3) is 0.579. The van der Waals surface area contributed by atoms with Crippen molar-refractivity contribution in [1.29, 1.82) is 0 Å². The van der Waals surface area contributed by atoms with Crippen LogP contribution in [0, 0.1) is 6.92 Å². The molecule has 0 unspecified atom stereocenters. The second-order valence-electron chi connectivity index (χ2n) is 7.11. The van der Waals surface area contributed by atoms with E-state index in [1.807, 2.05) is 20.0 Å². The van der Waals surface area contributed by atoms with Crippen LogP contribution in [0.1, 0.15) is 56.3 Å². The average molecular weight is 356 g/mol. The second-order valence-corrected chi connectivity index (χ2v) is 7.11. The third kappa shape index (κ3) is 4.39. The summed E-state index contributed by atoms with van der Waals surface area (Å²) in [6.45, 7) is 4.14. The van der Waals surface area contributed by atoms with E-state index in [2.05, 4.69) is 27.3 Å². The molecule has 140 valence electrons.